The van der Waals surface area contributed by atoms with Gasteiger partial charge in [-0.3, -0.25) is 14.4 Å². The van der Waals surface area contributed by atoms with E-state index in [0.29, 0.717) is 12.1 Å². The molecule has 168 valence electrons. The van der Waals surface area contributed by atoms with E-state index in [1.54, 1.807) is 6.92 Å². The number of aliphatic carboxylic acids is 1. The molecule has 0 bridgehead atoms. The summed E-state index contributed by atoms with van der Waals surface area (Å²) < 4.78 is 0. The summed E-state index contributed by atoms with van der Waals surface area (Å²) in [6, 6.07) is -3.50. The SMILES string of the molecule is CCC(C)C(N)C(=O)NCC(=O)NC(C(=O)NC(Cc1cnc[nH]1)C(=O)O)C(C)O. The zero-order chi connectivity index (χ0) is 22.8. The minimum atomic E-state index is -1.42. The normalized spacial score (nSPS) is 15.9. The van der Waals surface area contributed by atoms with Gasteiger partial charge in [-0.15, -0.1) is 0 Å². The van der Waals surface area contributed by atoms with Crippen LogP contribution in [0.2, 0.25) is 0 Å². The molecule has 0 aliphatic carbocycles. The molecule has 0 aliphatic heterocycles. The first-order valence-electron chi connectivity index (χ1n) is 9.57. The summed E-state index contributed by atoms with van der Waals surface area (Å²) >= 11 is 0. The van der Waals surface area contributed by atoms with Crippen molar-refractivity contribution < 1.29 is 29.4 Å². The van der Waals surface area contributed by atoms with Gasteiger partial charge < -0.3 is 36.9 Å². The first-order chi connectivity index (χ1) is 14.1. The molecule has 1 aromatic heterocycles. The van der Waals surface area contributed by atoms with E-state index in [1.165, 1.54) is 19.4 Å². The first-order valence-corrected chi connectivity index (χ1v) is 9.57. The quantitative estimate of drug-likeness (QED) is 0.196. The summed E-state index contributed by atoms with van der Waals surface area (Å²) in [5, 5.41) is 26.1. The van der Waals surface area contributed by atoms with Crippen molar-refractivity contribution in [3.8, 4) is 0 Å². The van der Waals surface area contributed by atoms with E-state index in [2.05, 4.69) is 25.9 Å². The third-order valence-electron chi connectivity index (χ3n) is 4.66. The van der Waals surface area contributed by atoms with Crippen molar-refractivity contribution in [1.82, 2.24) is 25.9 Å². The highest BCUT2D eigenvalue weighted by molar-refractivity contribution is 5.92. The number of imidazole rings is 1. The van der Waals surface area contributed by atoms with Crippen molar-refractivity contribution >= 4 is 23.7 Å². The van der Waals surface area contributed by atoms with Crippen LogP contribution in [0.1, 0.15) is 32.9 Å². The first kappa shape index (κ1) is 25.0. The Kier molecular flexibility index (Phi) is 9.92. The topological polar surface area (TPSA) is 200 Å². The van der Waals surface area contributed by atoms with Crippen LogP contribution in [0, 0.1) is 5.92 Å². The van der Waals surface area contributed by atoms with E-state index < -0.39 is 54.5 Å². The molecule has 5 atom stereocenters. The number of hydrogen-bond acceptors (Lipinski definition) is 7. The number of carbonyl (C=O) groups is 4. The van der Waals surface area contributed by atoms with Crippen LogP contribution in [0.3, 0.4) is 0 Å². The predicted molar refractivity (Wildman–Crippen MR) is 106 cm³/mol. The smallest absolute Gasteiger partial charge is 0.326 e. The van der Waals surface area contributed by atoms with Crippen LogP contribution >= 0.6 is 0 Å². The Bertz CT molecular complexity index is 723. The second-order valence-corrected chi connectivity index (χ2v) is 7.10. The van der Waals surface area contributed by atoms with Crippen molar-refractivity contribution in [3.05, 3.63) is 18.2 Å². The van der Waals surface area contributed by atoms with Crippen LogP contribution in [0.25, 0.3) is 0 Å². The fourth-order valence-electron chi connectivity index (χ4n) is 2.51. The van der Waals surface area contributed by atoms with Crippen molar-refractivity contribution in [1.29, 1.82) is 0 Å². The molecule has 1 heterocycles. The lowest BCUT2D eigenvalue weighted by molar-refractivity contribution is -0.143. The van der Waals surface area contributed by atoms with Gasteiger partial charge in [-0.1, -0.05) is 20.3 Å². The Hall–Kier alpha value is -2.99. The van der Waals surface area contributed by atoms with E-state index in [-0.39, 0.29) is 12.3 Å². The number of H-pyrrole nitrogens is 1. The zero-order valence-corrected chi connectivity index (χ0v) is 17.2. The number of carboxylic acids is 1. The minimum absolute atomic E-state index is 0.0644. The summed E-state index contributed by atoms with van der Waals surface area (Å²) in [4.78, 5) is 54.5. The van der Waals surface area contributed by atoms with E-state index >= 15 is 0 Å². The number of aromatic nitrogens is 2. The molecule has 12 nitrogen and oxygen atoms in total. The number of aromatic amines is 1. The van der Waals surface area contributed by atoms with Crippen molar-refractivity contribution in [2.24, 2.45) is 11.7 Å². The monoisotopic (exact) mass is 426 g/mol. The molecule has 0 saturated heterocycles. The average molecular weight is 426 g/mol. The number of nitrogens with two attached hydrogens (primary N) is 1. The molecule has 8 N–H and O–H groups in total. The van der Waals surface area contributed by atoms with Crippen LogP contribution in [0.15, 0.2) is 12.5 Å². The number of amides is 3. The molecule has 0 radical (unpaired) electrons. The molecule has 30 heavy (non-hydrogen) atoms. The molecule has 0 spiro atoms. The van der Waals surface area contributed by atoms with Crippen LogP contribution < -0.4 is 21.7 Å². The van der Waals surface area contributed by atoms with Gasteiger partial charge in [-0.05, 0) is 12.8 Å². The van der Waals surface area contributed by atoms with Gasteiger partial charge >= 0.3 is 5.97 Å². The van der Waals surface area contributed by atoms with Crippen LogP contribution in [0.4, 0.5) is 0 Å². The van der Waals surface area contributed by atoms with Crippen molar-refractivity contribution in [2.75, 3.05) is 6.54 Å². The summed E-state index contributed by atoms with van der Waals surface area (Å²) in [5.41, 5.74) is 6.27. The highest BCUT2D eigenvalue weighted by atomic mass is 16.4. The maximum absolute atomic E-state index is 12.5. The van der Waals surface area contributed by atoms with Gasteiger partial charge in [0.05, 0.1) is 25.0 Å². The number of nitrogens with zero attached hydrogens (tertiary/aromatic N) is 1. The predicted octanol–water partition coefficient (Wildman–Crippen LogP) is -2.12. The lowest BCUT2D eigenvalue weighted by Crippen LogP contribution is -2.57. The van der Waals surface area contributed by atoms with Crippen LogP contribution in [-0.4, -0.2) is 74.6 Å². The lowest BCUT2D eigenvalue weighted by Gasteiger charge is -2.23. The molecule has 1 rings (SSSR count). The summed E-state index contributed by atoms with van der Waals surface area (Å²) in [5.74, 6) is -3.50. The Morgan fingerprint density at radius 1 is 1.20 bits per heavy atom. The summed E-state index contributed by atoms with van der Waals surface area (Å²) in [6.07, 6.45) is 2.10. The number of aliphatic hydroxyl groups excluding tert-OH is 1. The molecule has 0 fully saturated rings. The number of aliphatic hydroxyl groups is 1. The fourth-order valence-corrected chi connectivity index (χ4v) is 2.51. The second-order valence-electron chi connectivity index (χ2n) is 7.10. The van der Waals surface area contributed by atoms with E-state index in [9.17, 15) is 29.4 Å². The Labute approximate surface area is 174 Å². The van der Waals surface area contributed by atoms with Crippen LogP contribution in [-0.2, 0) is 25.6 Å². The standard InChI is InChI=1S/C18H30N6O6/c1-4-9(2)14(19)16(27)21-7-13(26)24-15(10(3)25)17(28)23-12(18(29)30)5-11-6-20-8-22-11/h6,8-10,12,14-15,25H,4-5,7,19H2,1-3H3,(H,20,22)(H,21,27)(H,23,28)(H,24,26)(H,29,30). The highest BCUT2D eigenvalue weighted by Crippen LogP contribution is 2.05. The van der Waals surface area contributed by atoms with Crippen LogP contribution in [0.5, 0.6) is 0 Å². The molecule has 0 aromatic carbocycles. The minimum Gasteiger partial charge on any atom is -0.480 e. The average Bonchev–Trinajstić information content (AvgIpc) is 3.21. The van der Waals surface area contributed by atoms with Gasteiger partial charge in [0, 0.05) is 18.3 Å². The number of nitrogens with one attached hydrogen (secondary N) is 4. The lowest BCUT2D eigenvalue weighted by atomic mass is 9.99. The van der Waals surface area contributed by atoms with E-state index in [0.717, 1.165) is 0 Å². The van der Waals surface area contributed by atoms with Crippen molar-refractivity contribution in [3.63, 3.8) is 0 Å². The number of hydrogen-bond donors (Lipinski definition) is 7. The molecule has 3 amide bonds. The number of rotatable bonds is 12. The highest BCUT2D eigenvalue weighted by Gasteiger charge is 2.30. The molecular formula is C18H30N6O6. The molecule has 1 aromatic rings. The van der Waals surface area contributed by atoms with E-state index in [1.807, 2.05) is 6.92 Å². The summed E-state index contributed by atoms with van der Waals surface area (Å²) in [7, 11) is 0. The Morgan fingerprint density at radius 2 is 1.87 bits per heavy atom. The Balaban J connectivity index is 2.66. The molecular weight excluding hydrogens is 396 g/mol. The van der Waals surface area contributed by atoms with E-state index in [4.69, 9.17) is 5.73 Å². The van der Waals surface area contributed by atoms with Gasteiger partial charge in [0.25, 0.3) is 0 Å². The third-order valence-corrected chi connectivity index (χ3v) is 4.66. The fraction of sp³-hybridized carbons (Fsp3) is 0.611. The largest absolute Gasteiger partial charge is 0.480 e. The second kappa shape index (κ2) is 11.9. The molecule has 12 heteroatoms. The maximum atomic E-state index is 12.5. The van der Waals surface area contributed by atoms with Crippen molar-refractivity contribution in [2.45, 2.75) is 57.8 Å². The number of carboxylic acid groups (broad SMARTS) is 1. The summed E-state index contributed by atoms with van der Waals surface area (Å²) in [6.45, 7) is 4.51. The van der Waals surface area contributed by atoms with Gasteiger partial charge in [0.2, 0.25) is 17.7 Å². The van der Waals surface area contributed by atoms with Gasteiger partial charge in [0.15, 0.2) is 0 Å². The Morgan fingerprint density at radius 3 is 2.37 bits per heavy atom. The van der Waals surface area contributed by atoms with Gasteiger partial charge in [-0.25, -0.2) is 9.78 Å². The van der Waals surface area contributed by atoms with Gasteiger partial charge in [-0.2, -0.15) is 0 Å². The zero-order valence-electron chi connectivity index (χ0n) is 17.2. The molecule has 0 saturated carbocycles. The maximum Gasteiger partial charge on any atom is 0.326 e. The molecule has 5 unspecified atom stereocenters. The molecule has 0 aliphatic rings. The van der Waals surface area contributed by atoms with Gasteiger partial charge in [0.1, 0.15) is 12.1 Å². The number of carbonyl (C=O) groups excluding carboxylic acids is 3. The third kappa shape index (κ3) is 7.79.